The molecule has 1 atom stereocenters. The minimum atomic E-state index is 0.426. The number of hydrogen-bond acceptors (Lipinski definition) is 4. The summed E-state index contributed by atoms with van der Waals surface area (Å²) in [5.74, 6) is 0.713. The molecule has 0 radical (unpaired) electrons. The summed E-state index contributed by atoms with van der Waals surface area (Å²) in [4.78, 5) is 7.21. The van der Waals surface area contributed by atoms with E-state index in [1.165, 1.54) is 29.5 Å². The Labute approximate surface area is 148 Å². The van der Waals surface area contributed by atoms with Gasteiger partial charge in [0.2, 0.25) is 5.89 Å². The largest absolute Gasteiger partial charge is 0.444 e. The number of hydrogen-bond donors (Lipinski definition) is 0. The summed E-state index contributed by atoms with van der Waals surface area (Å²) < 4.78 is 7.65. The molecule has 2 aromatic heterocycles. The van der Waals surface area contributed by atoms with E-state index in [-0.39, 0.29) is 0 Å². The number of aromatic nitrogens is 3. The molecule has 1 aromatic carbocycles. The van der Waals surface area contributed by atoms with Crippen LogP contribution in [-0.2, 0) is 13.6 Å². The van der Waals surface area contributed by atoms with Gasteiger partial charge in [-0.2, -0.15) is 5.10 Å². The zero-order valence-corrected chi connectivity index (χ0v) is 15.1. The van der Waals surface area contributed by atoms with Crippen LogP contribution in [0.5, 0.6) is 0 Å². The van der Waals surface area contributed by atoms with Gasteiger partial charge in [0.15, 0.2) is 0 Å². The first-order valence-electron chi connectivity index (χ1n) is 8.85. The van der Waals surface area contributed by atoms with E-state index in [9.17, 15) is 0 Å². The summed E-state index contributed by atoms with van der Waals surface area (Å²) in [5, 5.41) is 4.32. The summed E-state index contributed by atoms with van der Waals surface area (Å²) >= 11 is 0. The number of rotatable bonds is 4. The van der Waals surface area contributed by atoms with Gasteiger partial charge in [-0.25, -0.2) is 4.98 Å². The zero-order valence-electron chi connectivity index (χ0n) is 15.1. The van der Waals surface area contributed by atoms with E-state index < -0.39 is 0 Å². The van der Waals surface area contributed by atoms with Crippen molar-refractivity contribution in [1.29, 1.82) is 0 Å². The minimum absolute atomic E-state index is 0.426. The third-order valence-electron chi connectivity index (χ3n) is 5.00. The second-order valence-electron chi connectivity index (χ2n) is 7.04. The number of aryl methyl sites for hydroxylation is 3. The average molecular weight is 336 g/mol. The molecule has 5 nitrogen and oxygen atoms in total. The SMILES string of the molecule is Cc1ccc(-c2nc(CN3CCC[C@@H]3c3cnn(C)c3)co2)c(C)c1. The molecule has 0 aliphatic carbocycles. The van der Waals surface area contributed by atoms with Crippen molar-refractivity contribution in [1.82, 2.24) is 19.7 Å². The van der Waals surface area contributed by atoms with Crippen LogP contribution >= 0.6 is 0 Å². The Morgan fingerprint density at radius 2 is 2.16 bits per heavy atom. The summed E-state index contributed by atoms with van der Waals surface area (Å²) in [7, 11) is 1.97. The van der Waals surface area contributed by atoms with Crippen molar-refractivity contribution < 1.29 is 4.42 Å². The normalized spacial score (nSPS) is 18.1. The molecule has 3 heterocycles. The molecule has 1 aliphatic rings. The fraction of sp³-hybridized carbons (Fsp3) is 0.400. The molecule has 0 amide bonds. The second-order valence-corrected chi connectivity index (χ2v) is 7.04. The maximum atomic E-state index is 5.77. The number of benzene rings is 1. The second kappa shape index (κ2) is 6.48. The van der Waals surface area contributed by atoms with Crippen molar-refractivity contribution in [3.63, 3.8) is 0 Å². The third kappa shape index (κ3) is 3.24. The summed E-state index contributed by atoms with van der Waals surface area (Å²) in [6, 6.07) is 6.78. The van der Waals surface area contributed by atoms with Crippen molar-refractivity contribution in [2.45, 2.75) is 39.3 Å². The van der Waals surface area contributed by atoms with E-state index in [0.717, 1.165) is 24.3 Å². The lowest BCUT2D eigenvalue weighted by molar-refractivity contribution is 0.245. The third-order valence-corrected chi connectivity index (χ3v) is 5.00. The van der Waals surface area contributed by atoms with Crippen molar-refractivity contribution in [2.24, 2.45) is 7.05 Å². The van der Waals surface area contributed by atoms with Crippen LogP contribution in [0.15, 0.2) is 41.3 Å². The van der Waals surface area contributed by atoms with Crippen molar-refractivity contribution in [3.8, 4) is 11.5 Å². The number of likely N-dealkylation sites (tertiary alicyclic amines) is 1. The molecule has 1 aliphatic heterocycles. The van der Waals surface area contributed by atoms with Gasteiger partial charge in [0.25, 0.3) is 0 Å². The van der Waals surface area contributed by atoms with Gasteiger partial charge in [0.1, 0.15) is 6.26 Å². The predicted octanol–water partition coefficient (Wildman–Crippen LogP) is 4.03. The molecule has 0 spiro atoms. The lowest BCUT2D eigenvalue weighted by Gasteiger charge is -2.22. The highest BCUT2D eigenvalue weighted by atomic mass is 16.3. The number of nitrogens with zero attached hydrogens (tertiary/aromatic N) is 4. The van der Waals surface area contributed by atoms with Gasteiger partial charge >= 0.3 is 0 Å². The molecule has 1 saturated heterocycles. The highest BCUT2D eigenvalue weighted by molar-refractivity contribution is 5.59. The van der Waals surface area contributed by atoms with Crippen LogP contribution in [0.3, 0.4) is 0 Å². The zero-order chi connectivity index (χ0) is 17.4. The lowest BCUT2D eigenvalue weighted by Crippen LogP contribution is -2.22. The molecule has 4 rings (SSSR count). The Bertz CT molecular complexity index is 879. The maximum absolute atomic E-state index is 5.77. The quantitative estimate of drug-likeness (QED) is 0.722. The van der Waals surface area contributed by atoms with Crippen LogP contribution in [-0.4, -0.2) is 26.2 Å². The van der Waals surface area contributed by atoms with E-state index in [0.29, 0.717) is 11.9 Å². The molecule has 0 N–H and O–H groups in total. The number of oxazole rings is 1. The van der Waals surface area contributed by atoms with Gasteiger partial charge < -0.3 is 4.42 Å². The Balaban J connectivity index is 1.52. The Hall–Kier alpha value is -2.40. The van der Waals surface area contributed by atoms with Crippen LogP contribution in [0.1, 0.15) is 41.3 Å². The van der Waals surface area contributed by atoms with Crippen molar-refractivity contribution in [2.75, 3.05) is 6.54 Å². The van der Waals surface area contributed by atoms with E-state index >= 15 is 0 Å². The van der Waals surface area contributed by atoms with Gasteiger partial charge in [-0.1, -0.05) is 17.7 Å². The van der Waals surface area contributed by atoms with Crippen molar-refractivity contribution in [3.05, 3.63) is 59.2 Å². The van der Waals surface area contributed by atoms with Crippen LogP contribution in [0.2, 0.25) is 0 Å². The monoisotopic (exact) mass is 336 g/mol. The molecular weight excluding hydrogens is 312 g/mol. The van der Waals surface area contributed by atoms with Gasteiger partial charge in [-0.3, -0.25) is 9.58 Å². The highest BCUT2D eigenvalue weighted by Gasteiger charge is 2.27. The summed E-state index contributed by atoms with van der Waals surface area (Å²) in [6.07, 6.45) is 8.28. The highest BCUT2D eigenvalue weighted by Crippen LogP contribution is 2.33. The Morgan fingerprint density at radius 3 is 2.92 bits per heavy atom. The average Bonchev–Trinajstić information content (AvgIpc) is 3.29. The fourth-order valence-electron chi connectivity index (χ4n) is 3.77. The molecule has 0 saturated carbocycles. The van der Waals surface area contributed by atoms with Crippen LogP contribution in [0, 0.1) is 13.8 Å². The van der Waals surface area contributed by atoms with Crippen molar-refractivity contribution >= 4 is 0 Å². The Kier molecular flexibility index (Phi) is 4.17. The standard InChI is InChI=1S/C20H24N4O/c1-14-6-7-18(15(2)9-14)20-22-17(13-25-20)12-24-8-4-5-19(24)16-10-21-23(3)11-16/h6-7,9-11,13,19H,4-5,8,12H2,1-3H3/t19-/m1/s1. The molecule has 3 aromatic rings. The molecule has 25 heavy (non-hydrogen) atoms. The molecular formula is C20H24N4O. The van der Waals surface area contributed by atoms with Gasteiger partial charge in [0, 0.05) is 37.0 Å². The van der Waals surface area contributed by atoms with E-state index in [4.69, 9.17) is 9.40 Å². The first-order valence-corrected chi connectivity index (χ1v) is 8.85. The topological polar surface area (TPSA) is 47.1 Å². The molecule has 0 bridgehead atoms. The molecule has 5 heteroatoms. The lowest BCUT2D eigenvalue weighted by atomic mass is 10.1. The maximum Gasteiger partial charge on any atom is 0.226 e. The first-order chi connectivity index (χ1) is 12.1. The van der Waals surface area contributed by atoms with Crippen LogP contribution in [0.4, 0.5) is 0 Å². The summed E-state index contributed by atoms with van der Waals surface area (Å²) in [5.41, 5.74) is 5.80. The molecule has 130 valence electrons. The first kappa shape index (κ1) is 16.1. The summed E-state index contributed by atoms with van der Waals surface area (Å²) in [6.45, 7) is 6.11. The van der Waals surface area contributed by atoms with E-state index in [1.807, 2.05) is 17.9 Å². The smallest absolute Gasteiger partial charge is 0.226 e. The molecule has 0 unspecified atom stereocenters. The predicted molar refractivity (Wildman–Crippen MR) is 97.0 cm³/mol. The van der Waals surface area contributed by atoms with Crippen LogP contribution in [0.25, 0.3) is 11.5 Å². The Morgan fingerprint density at radius 1 is 1.28 bits per heavy atom. The minimum Gasteiger partial charge on any atom is -0.444 e. The van der Waals surface area contributed by atoms with Gasteiger partial charge in [-0.15, -0.1) is 0 Å². The van der Waals surface area contributed by atoms with Crippen LogP contribution < -0.4 is 0 Å². The van der Waals surface area contributed by atoms with Gasteiger partial charge in [0.05, 0.1) is 11.9 Å². The van der Waals surface area contributed by atoms with Gasteiger partial charge in [-0.05, 0) is 44.9 Å². The molecule has 1 fully saturated rings. The van der Waals surface area contributed by atoms with E-state index in [2.05, 4.69) is 48.2 Å². The van der Waals surface area contributed by atoms with E-state index in [1.54, 1.807) is 6.26 Å². The fourth-order valence-corrected chi connectivity index (χ4v) is 3.77.